The number of benzene rings is 1. The molecule has 0 aliphatic heterocycles. The predicted octanol–water partition coefficient (Wildman–Crippen LogP) is 2.34. The molecule has 2 N–H and O–H groups in total. The summed E-state index contributed by atoms with van der Waals surface area (Å²) in [5.74, 6) is 0.0346. The largest absolute Gasteiger partial charge is 0.427 e. The Morgan fingerprint density at radius 2 is 1.95 bits per heavy atom. The van der Waals surface area contributed by atoms with Crippen LogP contribution in [0.15, 0.2) is 24.3 Å². The first-order chi connectivity index (χ1) is 10.1. The van der Waals surface area contributed by atoms with Gasteiger partial charge in [0.25, 0.3) is 0 Å². The van der Waals surface area contributed by atoms with Crippen LogP contribution in [0.4, 0.5) is 0 Å². The van der Waals surface area contributed by atoms with E-state index in [4.69, 9.17) is 4.74 Å². The number of hydrogen-bond donors (Lipinski definition) is 2. The molecule has 1 aromatic carbocycles. The van der Waals surface area contributed by atoms with E-state index in [0.29, 0.717) is 24.2 Å². The lowest BCUT2D eigenvalue weighted by Crippen LogP contribution is -2.27. The van der Waals surface area contributed by atoms with Gasteiger partial charge in [-0.15, -0.1) is 0 Å². The summed E-state index contributed by atoms with van der Waals surface area (Å²) < 4.78 is 5.17. The lowest BCUT2D eigenvalue weighted by molar-refractivity contribution is -0.134. The van der Waals surface area contributed by atoms with Crippen molar-refractivity contribution in [2.24, 2.45) is 0 Å². The van der Waals surface area contributed by atoms with Crippen LogP contribution in [-0.2, 0) is 9.59 Å². The Kier molecular flexibility index (Phi) is 7.46. The van der Waals surface area contributed by atoms with Gasteiger partial charge in [0, 0.05) is 19.4 Å². The van der Waals surface area contributed by atoms with E-state index in [1.807, 2.05) is 13.8 Å². The van der Waals surface area contributed by atoms with Gasteiger partial charge in [-0.25, -0.2) is 0 Å². The highest BCUT2D eigenvalue weighted by Gasteiger charge is 2.11. The number of hydrogen-bond acceptors (Lipinski definition) is 4. The van der Waals surface area contributed by atoms with Gasteiger partial charge in [-0.2, -0.15) is 0 Å². The number of esters is 1. The fourth-order valence-electron chi connectivity index (χ4n) is 1.82. The summed E-state index contributed by atoms with van der Waals surface area (Å²) in [5, 5.41) is 12.7. The standard InChI is InChI=1S/C16H23NO4/c1-3-6-15(19)17-11-14(18)12-8-5-9-13(10-12)21-16(20)7-4-2/h5,8-10,14,18H,3-4,6-7,11H2,1-2H3,(H,17,19)/t14-/m0/s1. The lowest BCUT2D eigenvalue weighted by atomic mass is 10.1. The minimum absolute atomic E-state index is 0.0814. The normalized spacial score (nSPS) is 11.8. The fraction of sp³-hybridized carbons (Fsp3) is 0.500. The van der Waals surface area contributed by atoms with E-state index < -0.39 is 6.10 Å². The molecule has 0 fully saturated rings. The maximum atomic E-state index is 11.4. The van der Waals surface area contributed by atoms with Crippen LogP contribution in [0.25, 0.3) is 0 Å². The quantitative estimate of drug-likeness (QED) is 0.570. The molecule has 0 radical (unpaired) electrons. The van der Waals surface area contributed by atoms with Gasteiger partial charge in [-0.05, 0) is 30.5 Å². The van der Waals surface area contributed by atoms with Crippen molar-refractivity contribution < 1.29 is 19.4 Å². The average molecular weight is 293 g/mol. The monoisotopic (exact) mass is 293 g/mol. The number of ether oxygens (including phenoxy) is 1. The molecule has 0 aromatic heterocycles. The second-order valence-corrected chi connectivity index (χ2v) is 4.87. The van der Waals surface area contributed by atoms with Gasteiger partial charge >= 0.3 is 5.97 Å². The summed E-state index contributed by atoms with van der Waals surface area (Å²) in [6, 6.07) is 6.72. The Morgan fingerprint density at radius 1 is 1.24 bits per heavy atom. The van der Waals surface area contributed by atoms with E-state index in [2.05, 4.69) is 5.32 Å². The van der Waals surface area contributed by atoms with Gasteiger partial charge in [0.05, 0.1) is 6.10 Å². The van der Waals surface area contributed by atoms with Crippen molar-refractivity contribution in [3.8, 4) is 5.75 Å². The molecule has 1 rings (SSSR count). The summed E-state index contributed by atoms with van der Waals surface area (Å²) in [5.41, 5.74) is 0.605. The minimum Gasteiger partial charge on any atom is -0.427 e. The van der Waals surface area contributed by atoms with Crippen molar-refractivity contribution in [3.05, 3.63) is 29.8 Å². The number of carbonyl (C=O) groups is 2. The summed E-state index contributed by atoms with van der Waals surface area (Å²) in [4.78, 5) is 22.8. The smallest absolute Gasteiger partial charge is 0.311 e. The number of nitrogens with one attached hydrogen (secondary N) is 1. The summed E-state index contributed by atoms with van der Waals surface area (Å²) in [6.45, 7) is 3.97. The summed E-state index contributed by atoms with van der Waals surface area (Å²) >= 11 is 0. The van der Waals surface area contributed by atoms with Gasteiger partial charge in [-0.3, -0.25) is 9.59 Å². The van der Waals surface area contributed by atoms with Gasteiger partial charge < -0.3 is 15.2 Å². The molecule has 0 saturated heterocycles. The Balaban J connectivity index is 2.58. The Labute approximate surface area is 125 Å². The molecule has 0 bridgehead atoms. The zero-order valence-electron chi connectivity index (χ0n) is 12.6. The number of aliphatic hydroxyl groups excluding tert-OH is 1. The molecule has 5 heteroatoms. The van der Waals surface area contributed by atoms with E-state index in [0.717, 1.165) is 12.8 Å². The van der Waals surface area contributed by atoms with E-state index in [1.165, 1.54) is 0 Å². The minimum atomic E-state index is -0.823. The number of rotatable bonds is 8. The van der Waals surface area contributed by atoms with E-state index in [9.17, 15) is 14.7 Å². The maximum absolute atomic E-state index is 11.4. The third-order valence-electron chi connectivity index (χ3n) is 2.90. The Hall–Kier alpha value is -1.88. The average Bonchev–Trinajstić information content (AvgIpc) is 2.45. The second kappa shape index (κ2) is 9.13. The van der Waals surface area contributed by atoms with Crippen molar-refractivity contribution in [2.45, 2.75) is 45.6 Å². The topological polar surface area (TPSA) is 75.6 Å². The zero-order valence-corrected chi connectivity index (χ0v) is 12.6. The first-order valence-corrected chi connectivity index (χ1v) is 7.32. The molecular formula is C16H23NO4. The molecule has 21 heavy (non-hydrogen) atoms. The second-order valence-electron chi connectivity index (χ2n) is 4.87. The Bertz CT molecular complexity index is 473. The molecule has 0 aliphatic rings. The highest BCUT2D eigenvalue weighted by molar-refractivity contribution is 5.75. The lowest BCUT2D eigenvalue weighted by Gasteiger charge is -2.13. The third kappa shape index (κ3) is 6.40. The maximum Gasteiger partial charge on any atom is 0.311 e. The van der Waals surface area contributed by atoms with E-state index in [-0.39, 0.29) is 18.4 Å². The molecule has 1 amide bonds. The molecule has 0 heterocycles. The van der Waals surface area contributed by atoms with Gasteiger partial charge in [0.1, 0.15) is 5.75 Å². The van der Waals surface area contributed by atoms with E-state index >= 15 is 0 Å². The van der Waals surface area contributed by atoms with Crippen LogP contribution < -0.4 is 10.1 Å². The fourth-order valence-corrected chi connectivity index (χ4v) is 1.82. The van der Waals surface area contributed by atoms with Gasteiger partial charge in [0.15, 0.2) is 0 Å². The van der Waals surface area contributed by atoms with Gasteiger partial charge in [0.2, 0.25) is 5.91 Å². The van der Waals surface area contributed by atoms with Crippen molar-refractivity contribution >= 4 is 11.9 Å². The van der Waals surface area contributed by atoms with Crippen LogP contribution in [0, 0.1) is 0 Å². The number of amides is 1. The highest BCUT2D eigenvalue weighted by atomic mass is 16.5. The molecule has 116 valence electrons. The van der Waals surface area contributed by atoms with Gasteiger partial charge in [-0.1, -0.05) is 26.0 Å². The number of carbonyl (C=O) groups excluding carboxylic acids is 2. The summed E-state index contributed by atoms with van der Waals surface area (Å²) in [6.07, 6.45) is 1.48. The summed E-state index contributed by atoms with van der Waals surface area (Å²) in [7, 11) is 0. The van der Waals surface area contributed by atoms with E-state index in [1.54, 1.807) is 24.3 Å². The van der Waals surface area contributed by atoms with Crippen LogP contribution in [-0.4, -0.2) is 23.5 Å². The first kappa shape index (κ1) is 17.2. The van der Waals surface area contributed by atoms with Crippen molar-refractivity contribution in [1.29, 1.82) is 0 Å². The van der Waals surface area contributed by atoms with Crippen LogP contribution in [0.5, 0.6) is 5.75 Å². The SMILES string of the molecule is CCCC(=O)NC[C@H](O)c1cccc(OC(=O)CCC)c1. The number of aliphatic hydroxyl groups is 1. The first-order valence-electron chi connectivity index (χ1n) is 7.32. The zero-order chi connectivity index (χ0) is 15.7. The molecule has 1 atom stereocenters. The molecule has 5 nitrogen and oxygen atoms in total. The Morgan fingerprint density at radius 3 is 2.62 bits per heavy atom. The third-order valence-corrected chi connectivity index (χ3v) is 2.90. The molecule has 0 saturated carbocycles. The van der Waals surface area contributed by atoms with Crippen molar-refractivity contribution in [2.75, 3.05) is 6.54 Å². The highest BCUT2D eigenvalue weighted by Crippen LogP contribution is 2.19. The molecule has 0 unspecified atom stereocenters. The van der Waals surface area contributed by atoms with Crippen LogP contribution >= 0.6 is 0 Å². The van der Waals surface area contributed by atoms with Crippen molar-refractivity contribution in [3.63, 3.8) is 0 Å². The van der Waals surface area contributed by atoms with Crippen LogP contribution in [0.2, 0.25) is 0 Å². The van der Waals surface area contributed by atoms with Crippen molar-refractivity contribution in [1.82, 2.24) is 5.32 Å². The molecule has 0 spiro atoms. The predicted molar refractivity (Wildman–Crippen MR) is 79.9 cm³/mol. The van der Waals surface area contributed by atoms with Crippen LogP contribution in [0.1, 0.15) is 51.2 Å². The molecule has 1 aromatic rings. The molecule has 0 aliphatic carbocycles. The van der Waals surface area contributed by atoms with Crippen LogP contribution in [0.3, 0.4) is 0 Å². The molecular weight excluding hydrogens is 270 g/mol.